The molecule has 0 radical (unpaired) electrons. The first-order valence-corrected chi connectivity index (χ1v) is 7.69. The average Bonchev–Trinajstić information content (AvgIpc) is 3.20. The largest absolute Gasteiger partial charge is 0.459 e. The van der Waals surface area contributed by atoms with Crippen LogP contribution in [0.2, 0.25) is 0 Å². The third-order valence-electron chi connectivity index (χ3n) is 3.72. The molecule has 0 spiro atoms. The smallest absolute Gasteiger partial charge is 0.326 e. The van der Waals surface area contributed by atoms with Gasteiger partial charge >= 0.3 is 5.97 Å². The number of ketones is 1. The van der Waals surface area contributed by atoms with Crippen LogP contribution in [0.25, 0.3) is 10.9 Å². The lowest BCUT2D eigenvalue weighted by molar-refractivity contribution is -0.155. The number of carbonyl (C=O) groups is 2. The first kappa shape index (κ1) is 14.8. The van der Waals surface area contributed by atoms with E-state index in [9.17, 15) is 9.59 Å². The molecule has 0 amide bonds. The molecule has 1 saturated carbocycles. The van der Waals surface area contributed by atoms with Crippen LogP contribution in [0.4, 0.5) is 0 Å². The van der Waals surface area contributed by atoms with Crippen LogP contribution in [-0.4, -0.2) is 21.9 Å². The summed E-state index contributed by atoms with van der Waals surface area (Å²) in [6.45, 7) is 5.66. The molecule has 0 N–H and O–H groups in total. The number of esters is 1. The normalized spacial score (nSPS) is 15.0. The molecule has 1 aromatic heterocycles. The fourth-order valence-electron chi connectivity index (χ4n) is 2.65. The minimum absolute atomic E-state index is 0.121. The molecule has 3 rings (SSSR count). The van der Waals surface area contributed by atoms with E-state index >= 15 is 0 Å². The molecule has 4 nitrogen and oxygen atoms in total. The number of rotatable bonds is 4. The number of benzene rings is 1. The Morgan fingerprint density at radius 3 is 2.55 bits per heavy atom. The monoisotopic (exact) mass is 299 g/mol. The highest BCUT2D eigenvalue weighted by atomic mass is 16.6. The van der Waals surface area contributed by atoms with E-state index in [0.717, 1.165) is 29.3 Å². The van der Waals surface area contributed by atoms with Gasteiger partial charge < -0.3 is 9.30 Å². The number of hydrogen-bond acceptors (Lipinski definition) is 3. The van der Waals surface area contributed by atoms with Crippen LogP contribution in [-0.2, 0) is 16.1 Å². The van der Waals surface area contributed by atoms with Gasteiger partial charge in [0.05, 0.1) is 0 Å². The maximum atomic E-state index is 12.4. The van der Waals surface area contributed by atoms with Gasteiger partial charge in [0.2, 0.25) is 0 Å². The fraction of sp³-hybridized carbons (Fsp3) is 0.444. The lowest BCUT2D eigenvalue weighted by Gasteiger charge is -2.19. The van der Waals surface area contributed by atoms with Crippen molar-refractivity contribution >= 4 is 22.7 Å². The summed E-state index contributed by atoms with van der Waals surface area (Å²) < 4.78 is 7.19. The second-order valence-electron chi connectivity index (χ2n) is 6.91. The zero-order chi connectivity index (χ0) is 15.9. The second kappa shape index (κ2) is 5.27. The van der Waals surface area contributed by atoms with Gasteiger partial charge in [-0.05, 0) is 39.7 Å². The summed E-state index contributed by atoms with van der Waals surface area (Å²) in [7, 11) is 0. The molecule has 1 aromatic carbocycles. The molecule has 1 aliphatic rings. The van der Waals surface area contributed by atoms with Crippen LogP contribution < -0.4 is 0 Å². The Morgan fingerprint density at radius 2 is 1.91 bits per heavy atom. The third kappa shape index (κ3) is 3.06. The van der Waals surface area contributed by atoms with Gasteiger partial charge in [0.25, 0.3) is 0 Å². The van der Waals surface area contributed by atoms with Crippen molar-refractivity contribution in [2.45, 2.75) is 45.8 Å². The van der Waals surface area contributed by atoms with Crippen LogP contribution in [0.5, 0.6) is 0 Å². The number of ether oxygens (including phenoxy) is 1. The molecule has 1 heterocycles. The molecule has 22 heavy (non-hydrogen) atoms. The molecule has 116 valence electrons. The molecule has 1 aliphatic carbocycles. The first-order valence-electron chi connectivity index (χ1n) is 7.69. The van der Waals surface area contributed by atoms with Crippen molar-refractivity contribution in [2.75, 3.05) is 0 Å². The SMILES string of the molecule is CC(C)(C)OC(=O)Cn1cc(C(=O)C2CC2)c2ccccc21. The topological polar surface area (TPSA) is 48.3 Å². The van der Waals surface area contributed by atoms with Crippen molar-refractivity contribution < 1.29 is 14.3 Å². The Balaban J connectivity index is 1.92. The molecule has 0 saturated heterocycles. The van der Waals surface area contributed by atoms with Gasteiger partial charge in [-0.3, -0.25) is 9.59 Å². The van der Waals surface area contributed by atoms with Crippen LogP contribution in [0.3, 0.4) is 0 Å². The van der Waals surface area contributed by atoms with Crippen LogP contribution in [0, 0.1) is 5.92 Å². The van der Waals surface area contributed by atoms with Gasteiger partial charge in [-0.25, -0.2) is 0 Å². The maximum absolute atomic E-state index is 12.4. The van der Waals surface area contributed by atoms with Gasteiger partial charge in [-0.2, -0.15) is 0 Å². The van der Waals surface area contributed by atoms with E-state index in [1.54, 1.807) is 6.20 Å². The molecular formula is C18H21NO3. The Kier molecular flexibility index (Phi) is 3.55. The van der Waals surface area contributed by atoms with Gasteiger partial charge in [0.1, 0.15) is 12.1 Å². The van der Waals surface area contributed by atoms with E-state index in [2.05, 4.69) is 0 Å². The zero-order valence-electron chi connectivity index (χ0n) is 13.3. The number of fused-ring (bicyclic) bond motifs is 1. The van der Waals surface area contributed by atoms with Crippen LogP contribution in [0.1, 0.15) is 44.0 Å². The molecule has 0 bridgehead atoms. The molecule has 0 atom stereocenters. The highest BCUT2D eigenvalue weighted by Crippen LogP contribution is 2.35. The quantitative estimate of drug-likeness (QED) is 0.640. The predicted molar refractivity (Wildman–Crippen MR) is 84.8 cm³/mol. The number of aromatic nitrogens is 1. The van der Waals surface area contributed by atoms with Gasteiger partial charge in [-0.15, -0.1) is 0 Å². The third-order valence-corrected chi connectivity index (χ3v) is 3.72. The van der Waals surface area contributed by atoms with E-state index in [0.29, 0.717) is 0 Å². The summed E-state index contributed by atoms with van der Waals surface area (Å²) in [6.07, 6.45) is 3.75. The van der Waals surface area contributed by atoms with Crippen molar-refractivity contribution in [3.05, 3.63) is 36.0 Å². The van der Waals surface area contributed by atoms with Crippen molar-refractivity contribution in [3.8, 4) is 0 Å². The number of carbonyl (C=O) groups excluding carboxylic acids is 2. The van der Waals surface area contributed by atoms with E-state index in [1.807, 2.05) is 49.6 Å². The Bertz CT molecular complexity index is 732. The summed E-state index contributed by atoms with van der Waals surface area (Å²) in [5, 5.41) is 0.919. The standard InChI is InChI=1S/C18H21NO3/c1-18(2,3)22-16(20)11-19-10-14(17(21)12-8-9-12)13-6-4-5-7-15(13)19/h4-7,10,12H,8-9,11H2,1-3H3. The van der Waals surface area contributed by atoms with E-state index in [1.165, 1.54) is 0 Å². The van der Waals surface area contributed by atoms with E-state index in [-0.39, 0.29) is 24.2 Å². The molecule has 1 fully saturated rings. The molecule has 0 aliphatic heterocycles. The predicted octanol–water partition coefficient (Wildman–Crippen LogP) is 3.58. The number of para-hydroxylation sites is 1. The summed E-state index contributed by atoms with van der Waals surface area (Å²) in [5.74, 6) is 0.0681. The summed E-state index contributed by atoms with van der Waals surface area (Å²) in [4.78, 5) is 24.5. The lowest BCUT2D eigenvalue weighted by Crippen LogP contribution is -2.26. The maximum Gasteiger partial charge on any atom is 0.326 e. The molecule has 0 unspecified atom stereocenters. The Labute approximate surface area is 130 Å². The Hall–Kier alpha value is -2.10. The summed E-state index contributed by atoms with van der Waals surface area (Å²) in [5.41, 5.74) is 1.12. The molecule has 4 heteroatoms. The van der Waals surface area contributed by atoms with Crippen LogP contribution in [0.15, 0.2) is 30.5 Å². The minimum Gasteiger partial charge on any atom is -0.459 e. The van der Waals surface area contributed by atoms with Gasteiger partial charge in [-0.1, -0.05) is 18.2 Å². The number of hydrogen-bond donors (Lipinski definition) is 0. The van der Waals surface area contributed by atoms with Crippen molar-refractivity contribution in [2.24, 2.45) is 5.92 Å². The summed E-state index contributed by atoms with van der Waals surface area (Å²) >= 11 is 0. The molecular weight excluding hydrogens is 278 g/mol. The number of nitrogens with zero attached hydrogens (tertiary/aromatic N) is 1. The van der Waals surface area contributed by atoms with E-state index < -0.39 is 5.60 Å². The first-order chi connectivity index (χ1) is 10.3. The van der Waals surface area contributed by atoms with Gasteiger partial charge in [0, 0.05) is 28.6 Å². The van der Waals surface area contributed by atoms with Crippen molar-refractivity contribution in [1.29, 1.82) is 0 Å². The Morgan fingerprint density at radius 1 is 1.23 bits per heavy atom. The lowest BCUT2D eigenvalue weighted by atomic mass is 10.1. The van der Waals surface area contributed by atoms with Crippen LogP contribution >= 0.6 is 0 Å². The highest BCUT2D eigenvalue weighted by molar-refractivity contribution is 6.10. The van der Waals surface area contributed by atoms with Crippen molar-refractivity contribution in [1.82, 2.24) is 4.57 Å². The fourth-order valence-corrected chi connectivity index (χ4v) is 2.65. The minimum atomic E-state index is -0.507. The zero-order valence-corrected chi connectivity index (χ0v) is 13.3. The molecule has 2 aromatic rings. The summed E-state index contributed by atoms with van der Waals surface area (Å²) in [6, 6.07) is 7.71. The van der Waals surface area contributed by atoms with E-state index in [4.69, 9.17) is 4.74 Å². The number of Topliss-reactive ketones (excluding diaryl/α,β-unsaturated/α-hetero) is 1. The highest BCUT2D eigenvalue weighted by Gasteiger charge is 2.32. The second-order valence-corrected chi connectivity index (χ2v) is 6.91. The van der Waals surface area contributed by atoms with Gasteiger partial charge in [0.15, 0.2) is 5.78 Å². The average molecular weight is 299 g/mol. The van der Waals surface area contributed by atoms with Crippen molar-refractivity contribution in [3.63, 3.8) is 0 Å².